The molecule has 0 aromatic heterocycles. The van der Waals surface area contributed by atoms with E-state index in [-0.39, 0.29) is 31.0 Å². The maximum Gasteiger partial charge on any atom is 0.306 e. The average molecular weight is 331 g/mol. The lowest BCUT2D eigenvalue weighted by molar-refractivity contribution is -0.142. The minimum Gasteiger partial charge on any atom is -0.484 e. The molecule has 1 aromatic carbocycles. The normalized spacial score (nSPS) is 17.6. The smallest absolute Gasteiger partial charge is 0.306 e. The first-order chi connectivity index (χ1) is 10.3. The van der Waals surface area contributed by atoms with Gasteiger partial charge >= 0.3 is 5.97 Å². The number of hydrogen-bond donors (Lipinski definition) is 0. The van der Waals surface area contributed by atoms with Crippen LogP contribution in [0, 0.1) is 5.82 Å². The van der Waals surface area contributed by atoms with E-state index in [1.807, 2.05) is 0 Å². The Hall–Kier alpha value is -1.83. The number of anilines is 1. The van der Waals surface area contributed by atoms with Crippen LogP contribution in [0.15, 0.2) is 18.2 Å². The third kappa shape index (κ3) is 3.49. The molecule has 0 amide bonds. The summed E-state index contributed by atoms with van der Waals surface area (Å²) in [5.41, 5.74) is 0.155. The van der Waals surface area contributed by atoms with Gasteiger partial charge in [0, 0.05) is 0 Å². The monoisotopic (exact) mass is 331 g/mol. The molecular formula is C14H18FNO5S. The number of carbonyl (C=O) groups excluding carboxylic acids is 1. The molecule has 6 nitrogen and oxygen atoms in total. The topological polar surface area (TPSA) is 72.9 Å². The number of ether oxygens (including phenoxy) is 2. The Morgan fingerprint density at radius 1 is 1.50 bits per heavy atom. The SMILES string of the molecule is CCOC(=O)CCS(=O)(=O)N1C[C@H](C)Oc2c(F)cccc21. The van der Waals surface area contributed by atoms with E-state index < -0.39 is 33.7 Å². The molecule has 2 rings (SSSR count). The lowest BCUT2D eigenvalue weighted by atomic mass is 10.2. The van der Waals surface area contributed by atoms with Gasteiger partial charge in [-0.15, -0.1) is 0 Å². The van der Waals surface area contributed by atoms with E-state index in [2.05, 4.69) is 0 Å². The molecule has 0 saturated heterocycles. The predicted octanol–water partition coefficient (Wildman–Crippen LogP) is 1.70. The minimum atomic E-state index is -3.77. The molecule has 0 bridgehead atoms. The molecule has 8 heteroatoms. The predicted molar refractivity (Wildman–Crippen MR) is 78.9 cm³/mol. The van der Waals surface area contributed by atoms with Gasteiger partial charge in [0.15, 0.2) is 11.6 Å². The maximum atomic E-state index is 13.8. The molecule has 1 atom stereocenters. The van der Waals surface area contributed by atoms with E-state index in [1.165, 1.54) is 18.2 Å². The largest absolute Gasteiger partial charge is 0.484 e. The van der Waals surface area contributed by atoms with Crippen LogP contribution in [0.5, 0.6) is 5.75 Å². The summed E-state index contributed by atoms with van der Waals surface area (Å²) >= 11 is 0. The second-order valence-electron chi connectivity index (χ2n) is 4.92. The van der Waals surface area contributed by atoms with Gasteiger partial charge in [0.05, 0.1) is 31.0 Å². The van der Waals surface area contributed by atoms with Gasteiger partial charge in [0.25, 0.3) is 0 Å². The second kappa shape index (κ2) is 6.51. The molecule has 0 fully saturated rings. The summed E-state index contributed by atoms with van der Waals surface area (Å²) in [5.74, 6) is -1.67. The molecule has 0 aliphatic carbocycles. The zero-order chi connectivity index (χ0) is 16.3. The van der Waals surface area contributed by atoms with Crippen LogP contribution in [0.4, 0.5) is 10.1 Å². The number of esters is 1. The zero-order valence-corrected chi connectivity index (χ0v) is 13.2. The first-order valence-corrected chi connectivity index (χ1v) is 8.57. The van der Waals surface area contributed by atoms with E-state index in [0.29, 0.717) is 0 Å². The highest BCUT2D eigenvalue weighted by Crippen LogP contribution is 2.37. The first kappa shape index (κ1) is 16.5. The first-order valence-electron chi connectivity index (χ1n) is 6.96. The molecule has 1 aliphatic rings. The summed E-state index contributed by atoms with van der Waals surface area (Å²) in [6.45, 7) is 3.57. The molecule has 1 aliphatic heterocycles. The third-order valence-electron chi connectivity index (χ3n) is 3.16. The van der Waals surface area contributed by atoms with Crippen LogP contribution in [-0.2, 0) is 19.6 Å². The molecular weight excluding hydrogens is 313 g/mol. The van der Waals surface area contributed by atoms with Crippen molar-refractivity contribution in [1.82, 2.24) is 0 Å². The van der Waals surface area contributed by atoms with Crippen LogP contribution >= 0.6 is 0 Å². The zero-order valence-electron chi connectivity index (χ0n) is 12.4. The van der Waals surface area contributed by atoms with Gasteiger partial charge in [0.1, 0.15) is 6.10 Å². The lowest BCUT2D eigenvalue weighted by Gasteiger charge is -2.34. The molecule has 0 unspecified atom stereocenters. The number of rotatable bonds is 5. The van der Waals surface area contributed by atoms with Crippen LogP contribution in [0.2, 0.25) is 0 Å². The summed E-state index contributed by atoms with van der Waals surface area (Å²) < 4.78 is 49.9. The summed E-state index contributed by atoms with van der Waals surface area (Å²) in [7, 11) is -3.77. The Kier molecular flexibility index (Phi) is 4.90. The van der Waals surface area contributed by atoms with Crippen molar-refractivity contribution in [2.24, 2.45) is 0 Å². The van der Waals surface area contributed by atoms with E-state index in [4.69, 9.17) is 9.47 Å². The van der Waals surface area contributed by atoms with Gasteiger partial charge < -0.3 is 9.47 Å². The standard InChI is InChI=1S/C14H18FNO5S/c1-3-20-13(17)7-8-22(18,19)16-9-10(2)21-14-11(15)5-4-6-12(14)16/h4-6,10H,3,7-9H2,1-2H3/t10-/m0/s1. The van der Waals surface area contributed by atoms with Crippen molar-refractivity contribution in [3.05, 3.63) is 24.0 Å². The molecule has 0 spiro atoms. The number of hydrogen-bond acceptors (Lipinski definition) is 5. The maximum absolute atomic E-state index is 13.8. The van der Waals surface area contributed by atoms with E-state index >= 15 is 0 Å². The molecule has 0 radical (unpaired) electrons. The van der Waals surface area contributed by atoms with Gasteiger partial charge in [-0.3, -0.25) is 9.10 Å². The van der Waals surface area contributed by atoms with Gasteiger partial charge in [0.2, 0.25) is 10.0 Å². The van der Waals surface area contributed by atoms with Gasteiger partial charge in [-0.25, -0.2) is 12.8 Å². The highest BCUT2D eigenvalue weighted by Gasteiger charge is 2.33. The van der Waals surface area contributed by atoms with Gasteiger partial charge in [-0.2, -0.15) is 0 Å². The van der Waals surface area contributed by atoms with E-state index in [9.17, 15) is 17.6 Å². The molecule has 0 N–H and O–H groups in total. The minimum absolute atomic E-state index is 0.0710. The summed E-state index contributed by atoms with van der Waals surface area (Å²) in [5, 5.41) is 0. The lowest BCUT2D eigenvalue weighted by Crippen LogP contribution is -2.43. The fourth-order valence-electron chi connectivity index (χ4n) is 2.20. The number of halogens is 1. The molecule has 1 aromatic rings. The fraction of sp³-hybridized carbons (Fsp3) is 0.500. The van der Waals surface area contributed by atoms with Crippen molar-refractivity contribution >= 4 is 21.7 Å². The van der Waals surface area contributed by atoms with Crippen LogP contribution in [0.25, 0.3) is 0 Å². The molecule has 0 saturated carbocycles. The average Bonchev–Trinajstić information content (AvgIpc) is 2.46. The Bertz CT molecular complexity index is 661. The quantitative estimate of drug-likeness (QED) is 0.768. The summed E-state index contributed by atoms with van der Waals surface area (Å²) in [6.07, 6.45) is -0.728. The number of para-hydroxylation sites is 1. The van der Waals surface area contributed by atoms with Crippen LogP contribution in [-0.4, -0.2) is 39.4 Å². The van der Waals surface area contributed by atoms with Crippen molar-refractivity contribution in [1.29, 1.82) is 0 Å². The van der Waals surface area contributed by atoms with Crippen molar-refractivity contribution < 1.29 is 27.1 Å². The van der Waals surface area contributed by atoms with E-state index in [1.54, 1.807) is 13.8 Å². The van der Waals surface area contributed by atoms with Crippen LogP contribution < -0.4 is 9.04 Å². The Morgan fingerprint density at radius 3 is 2.91 bits per heavy atom. The third-order valence-corrected chi connectivity index (χ3v) is 4.90. The van der Waals surface area contributed by atoms with Crippen LogP contribution in [0.1, 0.15) is 20.3 Å². The van der Waals surface area contributed by atoms with Crippen molar-refractivity contribution in [3.8, 4) is 5.75 Å². The second-order valence-corrected chi connectivity index (χ2v) is 6.93. The number of sulfonamides is 1. The number of carbonyl (C=O) groups is 1. The Morgan fingerprint density at radius 2 is 2.23 bits per heavy atom. The Labute approximate surface area is 128 Å². The van der Waals surface area contributed by atoms with Crippen molar-refractivity contribution in [2.45, 2.75) is 26.4 Å². The fourth-order valence-corrected chi connectivity index (χ4v) is 3.73. The van der Waals surface area contributed by atoms with Gasteiger partial charge in [-0.05, 0) is 26.0 Å². The summed E-state index contributed by atoms with van der Waals surface area (Å²) in [6, 6.07) is 4.11. The highest BCUT2D eigenvalue weighted by atomic mass is 32.2. The van der Waals surface area contributed by atoms with Crippen molar-refractivity contribution in [2.75, 3.05) is 23.2 Å². The molecule has 1 heterocycles. The number of benzene rings is 1. The Balaban J connectivity index is 2.25. The van der Waals surface area contributed by atoms with Crippen molar-refractivity contribution in [3.63, 3.8) is 0 Å². The molecule has 22 heavy (non-hydrogen) atoms. The number of nitrogens with zero attached hydrogens (tertiary/aromatic N) is 1. The van der Waals surface area contributed by atoms with E-state index in [0.717, 1.165) is 4.31 Å². The number of fused-ring (bicyclic) bond motifs is 1. The van der Waals surface area contributed by atoms with Crippen LogP contribution in [0.3, 0.4) is 0 Å². The van der Waals surface area contributed by atoms with Gasteiger partial charge in [-0.1, -0.05) is 6.07 Å². The summed E-state index contributed by atoms with van der Waals surface area (Å²) in [4.78, 5) is 11.3. The highest BCUT2D eigenvalue weighted by molar-refractivity contribution is 7.92. The molecule has 122 valence electrons.